The van der Waals surface area contributed by atoms with E-state index in [1.54, 1.807) is 16.7 Å². The summed E-state index contributed by atoms with van der Waals surface area (Å²) in [6, 6.07) is 5.34. The van der Waals surface area contributed by atoms with Gasteiger partial charge < -0.3 is 19.8 Å². The van der Waals surface area contributed by atoms with Crippen LogP contribution in [0, 0.1) is 25.7 Å². The van der Waals surface area contributed by atoms with Crippen molar-refractivity contribution in [1.82, 2.24) is 9.80 Å². The standard InChI is InChI=1S/C31H41N3O4S/c1-5-16-32-17-10-14-30(4)23(27(32)36)24-28(37)34(18-7-6-8-20-35)26-29(38)33(19-11-15-31(24,26)39-30)25-21(2)12-9-13-22(25)3/h9-15,23-24,26,35H,5-8,16-20H2,1-4H3/t23-,24+,26?,30+,31+/m1/s1. The second-order valence-corrected chi connectivity index (χ2v) is 13.4. The van der Waals surface area contributed by atoms with Crippen molar-refractivity contribution in [3.63, 3.8) is 0 Å². The highest BCUT2D eigenvalue weighted by molar-refractivity contribution is 8.02. The lowest BCUT2D eigenvalue weighted by Crippen LogP contribution is -2.53. The number of aryl methyl sites for hydroxylation is 2. The molecule has 210 valence electrons. The van der Waals surface area contributed by atoms with Crippen LogP contribution in [0.25, 0.3) is 0 Å². The molecule has 0 aliphatic carbocycles. The Hall–Kier alpha value is -2.58. The quantitative estimate of drug-likeness (QED) is 0.392. The fourth-order valence-corrected chi connectivity index (χ4v) is 9.44. The largest absolute Gasteiger partial charge is 0.396 e. The number of anilines is 1. The molecule has 2 fully saturated rings. The SMILES string of the molecule is CCCN1CC=C[C@]2(C)S[C@]34C=CCN(c5c(C)cccc5C)C(=O)C3N(CCCCCO)C(=O)[C@@H]4[C@@H]2C1=O. The number of nitrogens with zero attached hydrogens (tertiary/aromatic N) is 3. The monoisotopic (exact) mass is 551 g/mol. The molecule has 7 nitrogen and oxygen atoms in total. The normalized spacial score (nSPS) is 31.9. The van der Waals surface area contributed by atoms with Crippen molar-refractivity contribution in [2.45, 2.75) is 68.9 Å². The maximum Gasteiger partial charge on any atom is 0.251 e. The molecule has 5 atom stereocenters. The van der Waals surface area contributed by atoms with E-state index in [1.807, 2.05) is 47.9 Å². The number of fused-ring (bicyclic) bond motifs is 2. The summed E-state index contributed by atoms with van der Waals surface area (Å²) in [6.07, 6.45) is 11.3. The van der Waals surface area contributed by atoms with Crippen molar-refractivity contribution in [1.29, 1.82) is 0 Å². The molecule has 0 radical (unpaired) electrons. The van der Waals surface area contributed by atoms with Gasteiger partial charge >= 0.3 is 0 Å². The minimum Gasteiger partial charge on any atom is -0.396 e. The summed E-state index contributed by atoms with van der Waals surface area (Å²) in [5.74, 6) is -1.29. The van der Waals surface area contributed by atoms with E-state index in [2.05, 4.69) is 32.1 Å². The topological polar surface area (TPSA) is 81.2 Å². The zero-order valence-corrected chi connectivity index (χ0v) is 24.4. The maximum atomic E-state index is 14.7. The molecule has 3 amide bonds. The first kappa shape index (κ1) is 28.0. The molecule has 2 saturated heterocycles. The molecule has 39 heavy (non-hydrogen) atoms. The number of aliphatic hydroxyl groups is 1. The Morgan fingerprint density at radius 3 is 2.33 bits per heavy atom. The van der Waals surface area contributed by atoms with Gasteiger partial charge in [-0.05, 0) is 57.6 Å². The van der Waals surface area contributed by atoms with Gasteiger partial charge in [-0.25, -0.2) is 0 Å². The van der Waals surface area contributed by atoms with Gasteiger partial charge in [0.15, 0.2) is 0 Å². The number of hydrogen-bond acceptors (Lipinski definition) is 5. The Morgan fingerprint density at radius 2 is 1.64 bits per heavy atom. The third kappa shape index (κ3) is 4.44. The number of hydrogen-bond donors (Lipinski definition) is 1. The van der Waals surface area contributed by atoms with E-state index in [9.17, 15) is 19.5 Å². The first-order chi connectivity index (χ1) is 18.7. The lowest BCUT2D eigenvalue weighted by Gasteiger charge is -2.37. The number of benzene rings is 1. The maximum absolute atomic E-state index is 14.7. The zero-order valence-electron chi connectivity index (χ0n) is 23.6. The fourth-order valence-electron chi connectivity index (χ4n) is 7.29. The molecule has 8 heteroatoms. The first-order valence-electron chi connectivity index (χ1n) is 14.3. The number of rotatable bonds is 8. The minimum absolute atomic E-state index is 0.0182. The van der Waals surface area contributed by atoms with Crippen molar-refractivity contribution in [2.24, 2.45) is 11.8 Å². The summed E-state index contributed by atoms with van der Waals surface area (Å²) in [6.45, 7) is 10.3. The highest BCUT2D eigenvalue weighted by Crippen LogP contribution is 2.65. The summed E-state index contributed by atoms with van der Waals surface area (Å²) < 4.78 is -1.41. The van der Waals surface area contributed by atoms with Gasteiger partial charge in [0, 0.05) is 43.2 Å². The Bertz CT molecular complexity index is 1190. The van der Waals surface area contributed by atoms with Crippen LogP contribution >= 0.6 is 11.8 Å². The molecule has 4 aliphatic rings. The predicted octanol–water partition coefficient (Wildman–Crippen LogP) is 3.86. The molecule has 1 spiro atoms. The number of amides is 3. The van der Waals surface area contributed by atoms with Gasteiger partial charge in [0.05, 0.1) is 16.6 Å². The summed E-state index contributed by atoms with van der Waals surface area (Å²) in [5.41, 5.74) is 2.94. The Balaban J connectivity index is 1.62. The zero-order chi connectivity index (χ0) is 27.9. The number of thioether (sulfide) groups is 1. The van der Waals surface area contributed by atoms with Gasteiger partial charge in [-0.3, -0.25) is 14.4 Å². The third-order valence-electron chi connectivity index (χ3n) is 8.90. The van der Waals surface area contributed by atoms with E-state index in [0.29, 0.717) is 39.0 Å². The van der Waals surface area contributed by atoms with E-state index in [0.717, 1.165) is 29.7 Å². The van der Waals surface area contributed by atoms with E-state index >= 15 is 0 Å². The van der Waals surface area contributed by atoms with Crippen molar-refractivity contribution in [3.8, 4) is 0 Å². The van der Waals surface area contributed by atoms with E-state index in [4.69, 9.17) is 0 Å². The highest BCUT2D eigenvalue weighted by Gasteiger charge is 2.73. The molecule has 1 unspecified atom stereocenters. The van der Waals surface area contributed by atoms with Crippen LogP contribution in [0.5, 0.6) is 0 Å². The fraction of sp³-hybridized carbons (Fsp3) is 0.581. The van der Waals surface area contributed by atoms with Gasteiger partial charge in [-0.2, -0.15) is 0 Å². The average molecular weight is 552 g/mol. The molecule has 1 aromatic rings. The van der Waals surface area contributed by atoms with Crippen LogP contribution in [-0.4, -0.2) is 80.9 Å². The van der Waals surface area contributed by atoms with E-state index < -0.39 is 27.4 Å². The van der Waals surface area contributed by atoms with Crippen molar-refractivity contribution in [3.05, 3.63) is 53.6 Å². The lowest BCUT2D eigenvalue weighted by atomic mass is 9.74. The Morgan fingerprint density at radius 1 is 0.923 bits per heavy atom. The molecule has 1 aromatic carbocycles. The van der Waals surface area contributed by atoms with Crippen LogP contribution in [0.4, 0.5) is 5.69 Å². The van der Waals surface area contributed by atoms with Gasteiger partial charge in [0.1, 0.15) is 6.04 Å². The first-order valence-corrected chi connectivity index (χ1v) is 15.1. The smallest absolute Gasteiger partial charge is 0.251 e. The van der Waals surface area contributed by atoms with Crippen LogP contribution in [0.3, 0.4) is 0 Å². The second kappa shape index (κ2) is 10.8. The van der Waals surface area contributed by atoms with Crippen LogP contribution in [0.15, 0.2) is 42.5 Å². The van der Waals surface area contributed by atoms with Gasteiger partial charge in [0.25, 0.3) is 5.91 Å². The summed E-state index contributed by atoms with van der Waals surface area (Å²) in [5, 5.41) is 9.30. The van der Waals surface area contributed by atoms with Crippen molar-refractivity contribution >= 4 is 35.2 Å². The number of likely N-dealkylation sites (tertiary alicyclic amines) is 1. The number of para-hydroxylation sites is 1. The molecule has 1 N–H and O–H groups in total. The molecule has 0 aromatic heterocycles. The summed E-state index contributed by atoms with van der Waals surface area (Å²) in [7, 11) is 0. The summed E-state index contributed by atoms with van der Waals surface area (Å²) in [4.78, 5) is 48.7. The molecule has 0 bridgehead atoms. The molecule has 4 heterocycles. The van der Waals surface area contributed by atoms with Gasteiger partial charge in [-0.15, -0.1) is 11.8 Å². The number of aliphatic hydroxyl groups excluding tert-OH is 1. The second-order valence-electron chi connectivity index (χ2n) is 11.6. The van der Waals surface area contributed by atoms with Crippen molar-refractivity contribution < 1.29 is 19.5 Å². The average Bonchev–Trinajstić information content (AvgIpc) is 3.16. The Labute approximate surface area is 236 Å². The van der Waals surface area contributed by atoms with Gasteiger partial charge in [0.2, 0.25) is 11.8 Å². The van der Waals surface area contributed by atoms with Gasteiger partial charge in [-0.1, -0.05) is 49.4 Å². The van der Waals surface area contributed by atoms with Crippen LogP contribution in [-0.2, 0) is 14.4 Å². The van der Waals surface area contributed by atoms with Crippen LogP contribution in [0.2, 0.25) is 0 Å². The van der Waals surface area contributed by atoms with E-state index in [-0.39, 0.29) is 24.3 Å². The Kier molecular flexibility index (Phi) is 7.72. The molecule has 4 aliphatic heterocycles. The minimum atomic E-state index is -0.828. The van der Waals surface area contributed by atoms with E-state index in [1.165, 1.54) is 0 Å². The third-order valence-corrected chi connectivity index (χ3v) is 10.7. The lowest BCUT2D eigenvalue weighted by molar-refractivity contribution is -0.143. The molecule has 5 rings (SSSR count). The molecule has 0 saturated carbocycles. The predicted molar refractivity (Wildman–Crippen MR) is 156 cm³/mol. The number of carbonyl (C=O) groups excluding carboxylic acids is 3. The van der Waals surface area contributed by atoms with Crippen LogP contribution < -0.4 is 4.90 Å². The summed E-state index contributed by atoms with van der Waals surface area (Å²) >= 11 is 1.64. The van der Waals surface area contributed by atoms with Crippen molar-refractivity contribution in [2.75, 3.05) is 37.7 Å². The number of unbranched alkanes of at least 4 members (excludes halogenated alkanes) is 2. The number of carbonyl (C=O) groups is 3. The highest BCUT2D eigenvalue weighted by atomic mass is 32.2. The molecular formula is C31H41N3O4S. The van der Waals surface area contributed by atoms with Crippen LogP contribution in [0.1, 0.15) is 50.7 Å². The molecular weight excluding hydrogens is 510 g/mol.